The summed E-state index contributed by atoms with van der Waals surface area (Å²) in [6, 6.07) is 0. The minimum absolute atomic E-state index is 0.0580. The van der Waals surface area contributed by atoms with Crippen LogP contribution < -0.4 is 9.16 Å². The number of esters is 1. The third kappa shape index (κ3) is 8.26. The highest BCUT2D eigenvalue weighted by Gasteiger charge is 2.42. The van der Waals surface area contributed by atoms with Gasteiger partial charge in [-0.15, -0.1) is 0 Å². The lowest BCUT2D eigenvalue weighted by atomic mass is 9.89. The van der Waals surface area contributed by atoms with Gasteiger partial charge in [-0.05, 0) is 80.9 Å². The zero-order chi connectivity index (χ0) is 31.6. The molecule has 1 unspecified atom stereocenters. The van der Waals surface area contributed by atoms with Crippen LogP contribution in [0.1, 0.15) is 94.8 Å². The molecule has 7 nitrogen and oxygen atoms in total. The Bertz CT molecular complexity index is 1150. The number of carboxylic acid groups (broad SMARTS) is 1. The molecule has 1 N–H and O–H groups in total. The Morgan fingerprint density at radius 2 is 1.63 bits per heavy atom. The van der Waals surface area contributed by atoms with Gasteiger partial charge in [-0.2, -0.15) is 0 Å². The van der Waals surface area contributed by atoms with E-state index in [4.69, 9.17) is 18.3 Å². The lowest BCUT2D eigenvalue weighted by molar-refractivity contribution is -0.137. The van der Waals surface area contributed by atoms with Gasteiger partial charge in [-0.3, -0.25) is 4.79 Å². The molecule has 9 heteroatoms. The van der Waals surface area contributed by atoms with Gasteiger partial charge in [0.05, 0.1) is 13.5 Å². The van der Waals surface area contributed by atoms with Crippen LogP contribution in [0.4, 0.5) is 0 Å². The molecule has 0 saturated carbocycles. The molecule has 0 amide bonds. The van der Waals surface area contributed by atoms with Crippen molar-refractivity contribution in [3.8, 4) is 11.5 Å². The van der Waals surface area contributed by atoms with Crippen molar-refractivity contribution in [2.24, 2.45) is 5.92 Å². The molecule has 1 heterocycles. The minimum atomic E-state index is -2.33. The van der Waals surface area contributed by atoms with E-state index in [2.05, 4.69) is 73.8 Å². The number of rotatable bonds is 13. The van der Waals surface area contributed by atoms with E-state index in [-0.39, 0.29) is 35.0 Å². The molecule has 41 heavy (non-hydrogen) atoms. The first-order chi connectivity index (χ1) is 18.6. The van der Waals surface area contributed by atoms with Crippen LogP contribution in [-0.2, 0) is 27.0 Å². The van der Waals surface area contributed by atoms with Crippen molar-refractivity contribution in [1.29, 1.82) is 0 Å². The molecule has 1 aliphatic heterocycles. The summed E-state index contributed by atoms with van der Waals surface area (Å²) in [5.41, 5.74) is 4.00. The van der Waals surface area contributed by atoms with E-state index in [1.165, 1.54) is 0 Å². The van der Waals surface area contributed by atoms with E-state index in [1.807, 2.05) is 13.8 Å². The maximum absolute atomic E-state index is 13.0. The summed E-state index contributed by atoms with van der Waals surface area (Å²) in [6.07, 6.45) is 4.11. The van der Waals surface area contributed by atoms with Gasteiger partial charge in [-0.1, -0.05) is 53.2 Å². The zero-order valence-electron chi connectivity index (χ0n) is 27.8. The second kappa shape index (κ2) is 13.0. The fraction of sp³-hybridized carbons (Fsp3) is 0.688. The van der Waals surface area contributed by atoms with E-state index in [0.717, 1.165) is 35.1 Å². The molecule has 232 valence electrons. The Kier molecular flexibility index (Phi) is 11.2. The van der Waals surface area contributed by atoms with Crippen LogP contribution in [0.5, 0.6) is 11.5 Å². The molecule has 1 aliphatic rings. The van der Waals surface area contributed by atoms with E-state index >= 15 is 0 Å². The molecule has 1 aromatic carbocycles. The summed E-state index contributed by atoms with van der Waals surface area (Å²) in [5.74, 6) is -0.0575. The number of benzene rings is 1. The van der Waals surface area contributed by atoms with Crippen molar-refractivity contribution < 1.29 is 33.0 Å². The SMILES string of the molecule is COc1c(C)c2c(c(O[Si](C)(C)C(C)(C)C)c1C/C=C(\C)C(CCCO[Si](C)(C)C(C)(C)C)CC(=O)O)C(=O)OC2. The monoisotopic (exact) mass is 606 g/mol. The summed E-state index contributed by atoms with van der Waals surface area (Å²) in [4.78, 5) is 24.7. The van der Waals surface area contributed by atoms with Gasteiger partial charge >= 0.3 is 11.9 Å². The quantitative estimate of drug-likeness (QED) is 0.104. The fourth-order valence-corrected chi connectivity index (χ4v) is 6.66. The van der Waals surface area contributed by atoms with Crippen LogP contribution in [0.25, 0.3) is 0 Å². The van der Waals surface area contributed by atoms with Crippen molar-refractivity contribution in [3.63, 3.8) is 0 Å². The Labute approximate surface area is 250 Å². The predicted octanol–water partition coefficient (Wildman–Crippen LogP) is 8.44. The Hall–Kier alpha value is -2.11. The number of cyclic esters (lactones) is 1. The summed E-state index contributed by atoms with van der Waals surface area (Å²) < 4.78 is 24.5. The second-order valence-corrected chi connectivity index (χ2v) is 24.0. The van der Waals surface area contributed by atoms with Crippen LogP contribution >= 0.6 is 0 Å². The third-order valence-corrected chi connectivity index (χ3v) is 18.3. The molecular formula is C32H54O7Si2. The van der Waals surface area contributed by atoms with Crippen LogP contribution in [0.2, 0.25) is 36.3 Å². The number of hydrogen-bond acceptors (Lipinski definition) is 6. The number of aliphatic carboxylic acids is 1. The second-order valence-electron chi connectivity index (χ2n) is 14.5. The van der Waals surface area contributed by atoms with E-state index in [9.17, 15) is 14.7 Å². The summed E-state index contributed by atoms with van der Waals surface area (Å²) in [6.45, 7) is 26.7. The zero-order valence-corrected chi connectivity index (χ0v) is 29.8. The molecule has 0 spiro atoms. The summed E-state index contributed by atoms with van der Waals surface area (Å²) in [7, 11) is -2.55. The number of allylic oxidation sites excluding steroid dienone is 2. The molecule has 0 aliphatic carbocycles. The summed E-state index contributed by atoms with van der Waals surface area (Å²) in [5, 5.41) is 9.72. The summed E-state index contributed by atoms with van der Waals surface area (Å²) >= 11 is 0. The normalized spacial score (nSPS) is 15.4. The Morgan fingerprint density at radius 3 is 2.15 bits per heavy atom. The highest BCUT2D eigenvalue weighted by Crippen LogP contribution is 2.46. The number of carboxylic acids is 1. The van der Waals surface area contributed by atoms with Crippen LogP contribution in [0.3, 0.4) is 0 Å². The fourth-order valence-electron chi connectivity index (χ4n) is 4.54. The highest BCUT2D eigenvalue weighted by atomic mass is 28.4. The minimum Gasteiger partial charge on any atom is -0.543 e. The predicted molar refractivity (Wildman–Crippen MR) is 170 cm³/mol. The molecule has 1 atom stereocenters. The number of hydrogen-bond donors (Lipinski definition) is 1. The van der Waals surface area contributed by atoms with Crippen LogP contribution in [0.15, 0.2) is 11.6 Å². The van der Waals surface area contributed by atoms with Gasteiger partial charge in [0.1, 0.15) is 23.7 Å². The molecule has 0 radical (unpaired) electrons. The molecule has 0 saturated heterocycles. The van der Waals surface area contributed by atoms with Crippen molar-refractivity contribution in [3.05, 3.63) is 33.9 Å². The number of carbonyl (C=O) groups excluding carboxylic acids is 1. The number of carbonyl (C=O) groups is 2. The standard InChI is InChI=1S/C32H54O7Si2/c1-21(23(19-26(33)34)15-14-18-38-40(10,11)31(3,4)5)16-17-24-28(36-9)22(2)25-20-37-30(35)27(25)29(24)39-41(12,13)32(6,7)8/h16,23H,14-15,17-20H2,1-13H3,(H,33,34)/b21-16+. The van der Waals surface area contributed by atoms with Crippen molar-refractivity contribution in [1.82, 2.24) is 0 Å². The number of fused-ring (bicyclic) bond motifs is 1. The number of ether oxygens (including phenoxy) is 2. The van der Waals surface area contributed by atoms with Crippen molar-refractivity contribution >= 4 is 28.6 Å². The van der Waals surface area contributed by atoms with E-state index in [1.54, 1.807) is 7.11 Å². The Morgan fingerprint density at radius 1 is 1.05 bits per heavy atom. The van der Waals surface area contributed by atoms with E-state index in [0.29, 0.717) is 30.1 Å². The van der Waals surface area contributed by atoms with Gasteiger partial charge in [0.25, 0.3) is 8.32 Å². The average molecular weight is 607 g/mol. The first-order valence-corrected chi connectivity index (χ1v) is 20.6. The van der Waals surface area contributed by atoms with Gasteiger partial charge in [0, 0.05) is 17.7 Å². The van der Waals surface area contributed by atoms with Gasteiger partial charge < -0.3 is 23.4 Å². The maximum atomic E-state index is 13.0. The first-order valence-electron chi connectivity index (χ1n) is 14.8. The molecule has 0 bridgehead atoms. The topological polar surface area (TPSA) is 91.3 Å². The van der Waals surface area contributed by atoms with E-state index < -0.39 is 22.6 Å². The van der Waals surface area contributed by atoms with Crippen LogP contribution in [-0.4, -0.2) is 47.4 Å². The van der Waals surface area contributed by atoms with Gasteiger partial charge in [0.15, 0.2) is 8.32 Å². The molecule has 1 aromatic rings. The lowest BCUT2D eigenvalue weighted by Crippen LogP contribution is -2.44. The molecule has 2 rings (SSSR count). The maximum Gasteiger partial charge on any atom is 0.342 e. The molecule has 0 fully saturated rings. The smallest absolute Gasteiger partial charge is 0.342 e. The largest absolute Gasteiger partial charge is 0.543 e. The Balaban J connectivity index is 2.44. The van der Waals surface area contributed by atoms with Crippen molar-refractivity contribution in [2.75, 3.05) is 13.7 Å². The van der Waals surface area contributed by atoms with Crippen LogP contribution in [0, 0.1) is 12.8 Å². The van der Waals surface area contributed by atoms with Gasteiger partial charge in [-0.25, -0.2) is 4.79 Å². The third-order valence-electron chi connectivity index (χ3n) is 9.45. The van der Waals surface area contributed by atoms with Gasteiger partial charge in [0.2, 0.25) is 0 Å². The molecule has 0 aromatic heterocycles. The first kappa shape index (κ1) is 35.1. The number of methoxy groups -OCH3 is 1. The molecular weight excluding hydrogens is 553 g/mol. The van der Waals surface area contributed by atoms with Crippen molar-refractivity contribution in [2.45, 2.75) is 124 Å². The average Bonchev–Trinajstić information content (AvgIpc) is 3.21. The highest BCUT2D eigenvalue weighted by molar-refractivity contribution is 6.75. The lowest BCUT2D eigenvalue weighted by Gasteiger charge is -2.37.